The summed E-state index contributed by atoms with van der Waals surface area (Å²) in [6, 6.07) is 7.36. The summed E-state index contributed by atoms with van der Waals surface area (Å²) in [5, 5.41) is 3.46. The summed E-state index contributed by atoms with van der Waals surface area (Å²) in [5.74, 6) is -1.38. The standard InChI is InChI=1S/C19H23N3O3/c1-10(2)9-12-14-15(17(24)22(4)16(14)23)19(20-12)11-7-5-6-8-13(11)21(3)18(19)25/h5-8,10,12,14-15,20H,9H2,1-4H3. The molecule has 3 amide bonds. The highest BCUT2D eigenvalue weighted by molar-refractivity contribution is 6.15. The van der Waals surface area contributed by atoms with Gasteiger partial charge in [-0.25, -0.2) is 0 Å². The van der Waals surface area contributed by atoms with Crippen LogP contribution >= 0.6 is 0 Å². The first kappa shape index (κ1) is 16.3. The number of benzene rings is 1. The first-order chi connectivity index (χ1) is 11.8. The molecule has 1 aromatic rings. The van der Waals surface area contributed by atoms with Gasteiger partial charge in [0.05, 0.1) is 11.8 Å². The van der Waals surface area contributed by atoms with E-state index in [0.717, 1.165) is 17.7 Å². The van der Waals surface area contributed by atoms with Gasteiger partial charge in [0.2, 0.25) is 11.8 Å². The molecule has 0 bridgehead atoms. The van der Waals surface area contributed by atoms with Crippen LogP contribution in [-0.2, 0) is 19.9 Å². The second-order valence-corrected chi connectivity index (χ2v) is 7.81. The first-order valence-electron chi connectivity index (χ1n) is 8.77. The fraction of sp³-hybridized carbons (Fsp3) is 0.526. The number of hydrogen-bond acceptors (Lipinski definition) is 4. The lowest BCUT2D eigenvalue weighted by Crippen LogP contribution is -2.54. The molecule has 4 atom stereocenters. The molecule has 3 aliphatic rings. The lowest BCUT2D eigenvalue weighted by Gasteiger charge is -2.29. The fourth-order valence-corrected chi connectivity index (χ4v) is 4.91. The van der Waals surface area contributed by atoms with E-state index in [-0.39, 0.29) is 23.8 Å². The van der Waals surface area contributed by atoms with Gasteiger partial charge in [-0.1, -0.05) is 32.0 Å². The second-order valence-electron chi connectivity index (χ2n) is 7.81. The molecule has 0 aliphatic carbocycles. The lowest BCUT2D eigenvalue weighted by molar-refractivity contribution is -0.141. The van der Waals surface area contributed by atoms with Gasteiger partial charge in [-0.05, 0) is 18.4 Å². The average molecular weight is 341 g/mol. The number of carbonyl (C=O) groups is 3. The molecule has 2 saturated heterocycles. The van der Waals surface area contributed by atoms with Crippen molar-refractivity contribution in [2.24, 2.45) is 17.8 Å². The molecule has 1 aromatic carbocycles. The highest BCUT2D eigenvalue weighted by Gasteiger charge is 2.70. The smallest absolute Gasteiger partial charge is 0.252 e. The van der Waals surface area contributed by atoms with Gasteiger partial charge in [-0.15, -0.1) is 0 Å². The Morgan fingerprint density at radius 2 is 1.76 bits per heavy atom. The summed E-state index contributed by atoms with van der Waals surface area (Å²) < 4.78 is 0. The molecule has 0 radical (unpaired) electrons. The third-order valence-electron chi connectivity index (χ3n) is 5.94. The van der Waals surface area contributed by atoms with E-state index in [0.29, 0.717) is 5.92 Å². The normalized spacial score (nSPS) is 33.8. The largest absolute Gasteiger partial charge is 0.313 e. The van der Waals surface area contributed by atoms with Crippen molar-refractivity contribution >= 4 is 23.4 Å². The number of carbonyl (C=O) groups excluding carboxylic acids is 3. The average Bonchev–Trinajstić information content (AvgIpc) is 3.10. The molecule has 1 N–H and O–H groups in total. The van der Waals surface area contributed by atoms with Crippen LogP contribution in [0.4, 0.5) is 5.69 Å². The number of fused-ring (bicyclic) bond motifs is 4. The van der Waals surface area contributed by atoms with E-state index in [1.54, 1.807) is 11.9 Å². The fourth-order valence-electron chi connectivity index (χ4n) is 4.91. The number of para-hydroxylation sites is 1. The zero-order chi connectivity index (χ0) is 18.1. The van der Waals surface area contributed by atoms with Crippen molar-refractivity contribution in [1.29, 1.82) is 0 Å². The van der Waals surface area contributed by atoms with E-state index in [9.17, 15) is 14.4 Å². The van der Waals surface area contributed by atoms with Gasteiger partial charge >= 0.3 is 0 Å². The molecule has 4 unspecified atom stereocenters. The Labute approximate surface area is 147 Å². The number of amides is 3. The Kier molecular flexibility index (Phi) is 3.35. The van der Waals surface area contributed by atoms with E-state index in [1.807, 2.05) is 24.3 Å². The quantitative estimate of drug-likeness (QED) is 0.818. The van der Waals surface area contributed by atoms with Crippen LogP contribution in [0, 0.1) is 17.8 Å². The molecule has 25 heavy (non-hydrogen) atoms. The highest BCUT2D eigenvalue weighted by atomic mass is 16.2. The topological polar surface area (TPSA) is 69.7 Å². The number of likely N-dealkylation sites (N-methyl/N-ethyl adjacent to an activating group) is 1. The van der Waals surface area contributed by atoms with E-state index in [2.05, 4.69) is 19.2 Å². The number of nitrogens with one attached hydrogen (secondary N) is 1. The van der Waals surface area contributed by atoms with Gasteiger partial charge in [-0.3, -0.25) is 24.6 Å². The molecule has 1 spiro atoms. The van der Waals surface area contributed by atoms with Crippen molar-refractivity contribution in [3.63, 3.8) is 0 Å². The number of hydrogen-bond donors (Lipinski definition) is 1. The van der Waals surface area contributed by atoms with Crippen LogP contribution in [0.15, 0.2) is 24.3 Å². The predicted octanol–water partition coefficient (Wildman–Crippen LogP) is 1.11. The summed E-state index contributed by atoms with van der Waals surface area (Å²) in [6.07, 6.45) is 0.745. The minimum atomic E-state index is -1.13. The zero-order valence-electron chi connectivity index (χ0n) is 14.9. The molecule has 3 aliphatic heterocycles. The van der Waals surface area contributed by atoms with Crippen LogP contribution in [0.3, 0.4) is 0 Å². The minimum absolute atomic E-state index is 0.147. The Morgan fingerprint density at radius 1 is 1.08 bits per heavy atom. The minimum Gasteiger partial charge on any atom is -0.313 e. The Hall–Kier alpha value is -2.21. The monoisotopic (exact) mass is 341 g/mol. The van der Waals surface area contributed by atoms with Crippen LogP contribution < -0.4 is 10.2 Å². The van der Waals surface area contributed by atoms with Gasteiger partial charge < -0.3 is 4.90 Å². The zero-order valence-corrected chi connectivity index (χ0v) is 14.9. The van der Waals surface area contributed by atoms with Gasteiger partial charge in [0.25, 0.3) is 5.91 Å². The van der Waals surface area contributed by atoms with E-state index >= 15 is 0 Å². The van der Waals surface area contributed by atoms with Gasteiger partial charge in [0.15, 0.2) is 0 Å². The third kappa shape index (κ3) is 1.86. The first-order valence-corrected chi connectivity index (χ1v) is 8.77. The molecule has 2 fully saturated rings. The Morgan fingerprint density at radius 3 is 2.44 bits per heavy atom. The molecule has 6 nitrogen and oxygen atoms in total. The van der Waals surface area contributed by atoms with E-state index in [4.69, 9.17) is 0 Å². The van der Waals surface area contributed by atoms with Crippen LogP contribution in [0.1, 0.15) is 25.8 Å². The van der Waals surface area contributed by atoms with Crippen LogP contribution in [-0.4, -0.2) is 42.8 Å². The maximum atomic E-state index is 13.3. The molecular weight excluding hydrogens is 318 g/mol. The van der Waals surface area contributed by atoms with Crippen molar-refractivity contribution in [2.75, 3.05) is 19.0 Å². The molecule has 3 heterocycles. The number of likely N-dealkylation sites (tertiary alicyclic amines) is 1. The summed E-state index contributed by atoms with van der Waals surface area (Å²) in [7, 11) is 3.26. The van der Waals surface area contributed by atoms with Gasteiger partial charge in [0.1, 0.15) is 5.54 Å². The van der Waals surface area contributed by atoms with Crippen molar-refractivity contribution in [3.05, 3.63) is 29.8 Å². The lowest BCUT2D eigenvalue weighted by atomic mass is 9.76. The van der Waals surface area contributed by atoms with Crippen LogP contribution in [0.5, 0.6) is 0 Å². The number of nitrogens with zero attached hydrogens (tertiary/aromatic N) is 2. The Balaban J connectivity index is 1.92. The van der Waals surface area contributed by atoms with Crippen molar-refractivity contribution < 1.29 is 14.4 Å². The summed E-state index contributed by atoms with van der Waals surface area (Å²) in [4.78, 5) is 41.8. The van der Waals surface area contributed by atoms with E-state index < -0.39 is 17.4 Å². The number of imide groups is 1. The summed E-state index contributed by atoms with van der Waals surface area (Å²) in [6.45, 7) is 4.17. The van der Waals surface area contributed by atoms with Gasteiger partial charge in [0, 0.05) is 31.4 Å². The van der Waals surface area contributed by atoms with Crippen LogP contribution in [0.25, 0.3) is 0 Å². The number of anilines is 1. The number of rotatable bonds is 2. The van der Waals surface area contributed by atoms with Crippen molar-refractivity contribution in [3.8, 4) is 0 Å². The molecule has 4 rings (SSSR count). The maximum absolute atomic E-state index is 13.3. The molecular formula is C19H23N3O3. The SMILES string of the molecule is CC(C)CC1NC2(C(=O)N(C)c3ccccc32)C2C(=O)N(C)C(=O)C12. The summed E-state index contributed by atoms with van der Waals surface area (Å²) >= 11 is 0. The van der Waals surface area contributed by atoms with E-state index in [1.165, 1.54) is 11.9 Å². The molecule has 6 heteroatoms. The third-order valence-corrected chi connectivity index (χ3v) is 5.94. The van der Waals surface area contributed by atoms with Crippen molar-refractivity contribution in [1.82, 2.24) is 10.2 Å². The highest BCUT2D eigenvalue weighted by Crippen LogP contribution is 2.54. The van der Waals surface area contributed by atoms with Crippen molar-refractivity contribution in [2.45, 2.75) is 31.8 Å². The maximum Gasteiger partial charge on any atom is 0.252 e. The molecule has 132 valence electrons. The Bertz CT molecular complexity index is 790. The molecule has 0 aromatic heterocycles. The predicted molar refractivity (Wildman–Crippen MR) is 92.7 cm³/mol. The van der Waals surface area contributed by atoms with Crippen LogP contribution in [0.2, 0.25) is 0 Å². The van der Waals surface area contributed by atoms with Gasteiger partial charge in [-0.2, -0.15) is 0 Å². The second kappa shape index (κ2) is 5.14. The molecule has 0 saturated carbocycles. The summed E-state index contributed by atoms with van der Waals surface area (Å²) in [5.41, 5.74) is 0.478.